The minimum Gasteiger partial charge on any atom is -0.381 e. The van der Waals surface area contributed by atoms with E-state index in [1.165, 1.54) is 12.1 Å². The number of carbonyl (C=O) groups is 1. The molecule has 2 aromatic heterocycles. The van der Waals surface area contributed by atoms with E-state index < -0.39 is 11.9 Å². The molecule has 1 N–H and O–H groups in total. The van der Waals surface area contributed by atoms with Gasteiger partial charge in [-0.2, -0.15) is 5.10 Å². The highest BCUT2D eigenvalue weighted by molar-refractivity contribution is 6.30. The molecular weight excluding hydrogens is 471 g/mol. The highest BCUT2D eigenvalue weighted by Gasteiger charge is 2.27. The fraction of sp³-hybridized carbons (Fsp3) is 0.440. The van der Waals surface area contributed by atoms with E-state index in [1.807, 2.05) is 6.20 Å². The van der Waals surface area contributed by atoms with E-state index in [0.29, 0.717) is 31.0 Å². The molecular formula is C25H28ClFN6O2. The lowest BCUT2D eigenvalue weighted by Gasteiger charge is -2.30. The van der Waals surface area contributed by atoms with E-state index in [-0.39, 0.29) is 11.1 Å². The summed E-state index contributed by atoms with van der Waals surface area (Å²) in [7, 11) is 1.79. The molecule has 0 unspecified atom stereocenters. The van der Waals surface area contributed by atoms with Crippen LogP contribution in [0.4, 0.5) is 9.18 Å². The molecule has 0 saturated carbocycles. The van der Waals surface area contributed by atoms with Crippen LogP contribution < -0.4 is 5.32 Å². The van der Waals surface area contributed by atoms with Gasteiger partial charge >= 0.3 is 6.03 Å². The van der Waals surface area contributed by atoms with Crippen LogP contribution in [0.1, 0.15) is 47.2 Å². The fourth-order valence-corrected chi connectivity index (χ4v) is 4.84. The van der Waals surface area contributed by atoms with Crippen molar-refractivity contribution in [2.24, 2.45) is 13.0 Å². The molecule has 2 aliphatic rings. The summed E-state index contributed by atoms with van der Waals surface area (Å²) in [6.07, 6.45) is 7.11. The summed E-state index contributed by atoms with van der Waals surface area (Å²) < 4.78 is 21.4. The van der Waals surface area contributed by atoms with Gasteiger partial charge in [-0.15, -0.1) is 0 Å². The third kappa shape index (κ3) is 5.31. The van der Waals surface area contributed by atoms with Gasteiger partial charge in [0.05, 0.1) is 29.0 Å². The topological polar surface area (TPSA) is 85.2 Å². The standard InChI is InChI=1S/C25H28ClFN6O2/c1-32-22(4-8-29-32)24(17-2-3-19(26)20(27)13-17)31-25(34)33-9-5-18-14-28-23(30-21(18)15-33)12-16-6-10-35-11-7-16/h2-4,8,13-14,16,24H,5-7,9-12,15H2,1H3,(H,31,34)/t24-/m1/s1. The lowest BCUT2D eigenvalue weighted by Crippen LogP contribution is -2.45. The van der Waals surface area contributed by atoms with Gasteiger partial charge in [-0.3, -0.25) is 4.68 Å². The van der Waals surface area contributed by atoms with E-state index >= 15 is 0 Å². The Hall–Kier alpha value is -3.04. The Bertz CT molecular complexity index is 1210. The largest absolute Gasteiger partial charge is 0.381 e. The van der Waals surface area contributed by atoms with Crippen LogP contribution >= 0.6 is 11.6 Å². The number of nitrogens with zero attached hydrogens (tertiary/aromatic N) is 5. The molecule has 1 aromatic carbocycles. The highest BCUT2D eigenvalue weighted by atomic mass is 35.5. The Morgan fingerprint density at radius 3 is 2.89 bits per heavy atom. The van der Waals surface area contributed by atoms with E-state index in [9.17, 15) is 9.18 Å². The van der Waals surface area contributed by atoms with Gasteiger partial charge in [-0.25, -0.2) is 19.2 Å². The maximum absolute atomic E-state index is 14.2. The van der Waals surface area contributed by atoms with Gasteiger partial charge in [0.25, 0.3) is 0 Å². The normalized spacial score (nSPS) is 17.2. The van der Waals surface area contributed by atoms with Crippen molar-refractivity contribution in [3.8, 4) is 0 Å². The second-order valence-corrected chi connectivity index (χ2v) is 9.53. The SMILES string of the molecule is Cn1nccc1[C@H](NC(=O)N1CCc2cnc(CC3CCOCC3)nc2C1)c1ccc(Cl)c(F)c1. The number of hydrogen-bond donors (Lipinski definition) is 1. The number of fused-ring (bicyclic) bond motifs is 1. The first-order chi connectivity index (χ1) is 17.0. The lowest BCUT2D eigenvalue weighted by molar-refractivity contribution is 0.0659. The predicted octanol–water partition coefficient (Wildman–Crippen LogP) is 3.83. The van der Waals surface area contributed by atoms with Crippen LogP contribution in [0.2, 0.25) is 5.02 Å². The maximum Gasteiger partial charge on any atom is 0.318 e. The molecule has 0 radical (unpaired) electrons. The van der Waals surface area contributed by atoms with E-state index in [4.69, 9.17) is 21.3 Å². The average Bonchev–Trinajstić information content (AvgIpc) is 3.29. The van der Waals surface area contributed by atoms with Crippen LogP contribution in [0.3, 0.4) is 0 Å². The van der Waals surface area contributed by atoms with Gasteiger partial charge in [-0.1, -0.05) is 17.7 Å². The molecule has 2 amide bonds. The second kappa shape index (κ2) is 10.3. The summed E-state index contributed by atoms with van der Waals surface area (Å²) >= 11 is 5.88. The van der Waals surface area contributed by atoms with Crippen molar-refractivity contribution in [3.63, 3.8) is 0 Å². The van der Waals surface area contributed by atoms with Crippen LogP contribution in [0.5, 0.6) is 0 Å². The molecule has 10 heteroatoms. The summed E-state index contributed by atoms with van der Waals surface area (Å²) in [5.74, 6) is 0.817. The molecule has 4 heterocycles. The van der Waals surface area contributed by atoms with Crippen LogP contribution in [0.25, 0.3) is 0 Å². The molecule has 0 aliphatic carbocycles. The van der Waals surface area contributed by atoms with Crippen molar-refractivity contribution in [1.82, 2.24) is 30.0 Å². The molecule has 2 aliphatic heterocycles. The van der Waals surface area contributed by atoms with Crippen molar-refractivity contribution in [2.75, 3.05) is 19.8 Å². The van der Waals surface area contributed by atoms with E-state index in [1.54, 1.807) is 35.0 Å². The number of benzene rings is 1. The Morgan fingerprint density at radius 2 is 2.14 bits per heavy atom. The quantitative estimate of drug-likeness (QED) is 0.578. The zero-order chi connectivity index (χ0) is 24.4. The summed E-state index contributed by atoms with van der Waals surface area (Å²) in [6.45, 7) is 2.53. The minimum absolute atomic E-state index is 0.0349. The molecule has 1 saturated heterocycles. The molecule has 5 rings (SSSR count). The molecule has 0 bridgehead atoms. The zero-order valence-corrected chi connectivity index (χ0v) is 20.3. The Labute approximate surface area is 208 Å². The Kier molecular flexibility index (Phi) is 6.97. The molecule has 1 atom stereocenters. The lowest BCUT2D eigenvalue weighted by atomic mass is 9.96. The highest BCUT2D eigenvalue weighted by Crippen LogP contribution is 2.27. The van der Waals surface area contributed by atoms with Crippen LogP contribution in [0.15, 0.2) is 36.7 Å². The summed E-state index contributed by atoms with van der Waals surface area (Å²) in [5, 5.41) is 7.32. The fourth-order valence-electron chi connectivity index (χ4n) is 4.73. The first kappa shape index (κ1) is 23.7. The first-order valence-electron chi connectivity index (χ1n) is 11.9. The van der Waals surface area contributed by atoms with Gasteiger partial charge in [-0.05, 0) is 54.5 Å². The van der Waals surface area contributed by atoms with Gasteiger partial charge in [0.1, 0.15) is 11.6 Å². The number of hydrogen-bond acceptors (Lipinski definition) is 5. The molecule has 0 spiro atoms. The Balaban J connectivity index is 1.33. The number of halogens is 2. The third-order valence-electron chi connectivity index (χ3n) is 6.79. The van der Waals surface area contributed by atoms with E-state index in [2.05, 4.69) is 15.4 Å². The maximum atomic E-state index is 14.2. The van der Waals surface area contributed by atoms with Crippen molar-refractivity contribution in [3.05, 3.63) is 75.8 Å². The number of aryl methyl sites for hydroxylation is 1. The molecule has 184 valence electrons. The van der Waals surface area contributed by atoms with Crippen molar-refractivity contribution >= 4 is 17.6 Å². The summed E-state index contributed by atoms with van der Waals surface area (Å²) in [6, 6.07) is 5.53. The predicted molar refractivity (Wildman–Crippen MR) is 128 cm³/mol. The van der Waals surface area contributed by atoms with E-state index in [0.717, 1.165) is 55.3 Å². The number of amides is 2. The summed E-state index contributed by atoms with van der Waals surface area (Å²) in [5.41, 5.74) is 3.28. The zero-order valence-electron chi connectivity index (χ0n) is 19.6. The number of ether oxygens (including phenoxy) is 1. The molecule has 8 nitrogen and oxygen atoms in total. The van der Waals surface area contributed by atoms with Crippen molar-refractivity contribution in [1.29, 1.82) is 0 Å². The molecule has 3 aromatic rings. The third-order valence-corrected chi connectivity index (χ3v) is 7.10. The smallest absolute Gasteiger partial charge is 0.318 e. The van der Waals surface area contributed by atoms with Crippen molar-refractivity contribution in [2.45, 2.75) is 38.3 Å². The minimum atomic E-state index is -0.586. The van der Waals surface area contributed by atoms with Gasteiger partial charge in [0.15, 0.2) is 0 Å². The van der Waals surface area contributed by atoms with Crippen LogP contribution in [0, 0.1) is 11.7 Å². The van der Waals surface area contributed by atoms with Gasteiger partial charge in [0.2, 0.25) is 0 Å². The summed E-state index contributed by atoms with van der Waals surface area (Å²) in [4.78, 5) is 24.5. The molecule has 35 heavy (non-hydrogen) atoms. The number of urea groups is 1. The average molecular weight is 499 g/mol. The number of aromatic nitrogens is 4. The number of nitrogens with one attached hydrogen (secondary N) is 1. The molecule has 1 fully saturated rings. The van der Waals surface area contributed by atoms with Crippen molar-refractivity contribution < 1.29 is 13.9 Å². The second-order valence-electron chi connectivity index (χ2n) is 9.13. The van der Waals surface area contributed by atoms with Crippen LogP contribution in [-0.2, 0) is 31.2 Å². The number of carbonyl (C=O) groups excluding carboxylic acids is 1. The Morgan fingerprint density at radius 1 is 1.31 bits per heavy atom. The van der Waals surface area contributed by atoms with Gasteiger partial charge in [0, 0.05) is 45.6 Å². The van der Waals surface area contributed by atoms with Crippen LogP contribution in [-0.4, -0.2) is 50.4 Å². The number of rotatable bonds is 5. The first-order valence-corrected chi connectivity index (χ1v) is 12.3. The monoisotopic (exact) mass is 498 g/mol. The van der Waals surface area contributed by atoms with Gasteiger partial charge < -0.3 is 15.0 Å².